The Morgan fingerprint density at radius 2 is 1.97 bits per heavy atom. The van der Waals surface area contributed by atoms with Gasteiger partial charge in [-0.3, -0.25) is 9.36 Å². The molecule has 0 aromatic carbocycles. The van der Waals surface area contributed by atoms with Crippen LogP contribution in [-0.4, -0.2) is 75.7 Å². The lowest BCUT2D eigenvalue weighted by atomic mass is 10.1. The van der Waals surface area contributed by atoms with Crippen LogP contribution in [0, 0.1) is 5.92 Å². The molecule has 0 bridgehead atoms. The van der Waals surface area contributed by atoms with Gasteiger partial charge in [0.15, 0.2) is 11.5 Å². The van der Waals surface area contributed by atoms with Gasteiger partial charge in [0, 0.05) is 14.2 Å². The molecule has 0 amide bonds. The number of nitrogens with zero attached hydrogens (tertiary/aromatic N) is 4. The van der Waals surface area contributed by atoms with E-state index in [1.807, 2.05) is 13.8 Å². The molecule has 3 atom stereocenters. The standard InChI is InChI=1S/C16H25N7O3.2CH4O/c1-8(2)11(19-3)15(24)25-6-9-4-5-10(26-9)23-7-20-12-13(17)21-16(18)22-14(12)23;2*1-2/h7-11,19H,4-6H2,1-3H3,(H4,17,18,21,22);2*2H,1H3. The van der Waals surface area contributed by atoms with Crippen molar-refractivity contribution in [2.24, 2.45) is 5.92 Å². The number of aliphatic hydroxyl groups is 2. The molecule has 1 aliphatic heterocycles. The zero-order valence-electron chi connectivity index (χ0n) is 18.1. The molecule has 12 nitrogen and oxygen atoms in total. The highest BCUT2D eigenvalue weighted by molar-refractivity contribution is 5.82. The topological polar surface area (TPSA) is 184 Å². The third-order valence-corrected chi connectivity index (χ3v) is 4.50. The predicted molar refractivity (Wildman–Crippen MR) is 112 cm³/mol. The molecular formula is C18H33N7O5. The number of likely N-dealkylation sites (N-methyl/N-ethyl adjacent to an activating group) is 1. The first-order chi connectivity index (χ1) is 14.4. The maximum Gasteiger partial charge on any atom is 0.323 e. The van der Waals surface area contributed by atoms with Crippen LogP contribution >= 0.6 is 0 Å². The maximum absolute atomic E-state index is 12.1. The summed E-state index contributed by atoms with van der Waals surface area (Å²) in [5.74, 6) is 0.210. The average molecular weight is 428 g/mol. The van der Waals surface area contributed by atoms with Crippen LogP contribution < -0.4 is 16.8 Å². The Balaban J connectivity index is 0.00000106. The quantitative estimate of drug-likeness (QED) is 0.380. The molecule has 0 spiro atoms. The van der Waals surface area contributed by atoms with Crippen LogP contribution in [0.1, 0.15) is 32.9 Å². The van der Waals surface area contributed by atoms with Crippen LogP contribution in [0.15, 0.2) is 6.33 Å². The SMILES string of the molecule is CNC(C(=O)OCC1CCC(n2cnc3c(N)nc(N)nc32)O1)C(C)C.CO.CO. The Morgan fingerprint density at radius 1 is 1.30 bits per heavy atom. The van der Waals surface area contributed by atoms with Gasteiger partial charge in [0.1, 0.15) is 24.4 Å². The number of esters is 1. The van der Waals surface area contributed by atoms with Crippen LogP contribution in [0.5, 0.6) is 0 Å². The molecule has 30 heavy (non-hydrogen) atoms. The number of nitrogen functional groups attached to an aromatic ring is 2. The Morgan fingerprint density at radius 3 is 2.57 bits per heavy atom. The summed E-state index contributed by atoms with van der Waals surface area (Å²) in [6.07, 6.45) is 2.69. The molecule has 3 heterocycles. The second kappa shape index (κ2) is 12.2. The zero-order chi connectivity index (χ0) is 22.8. The molecule has 170 valence electrons. The van der Waals surface area contributed by atoms with Crippen molar-refractivity contribution in [1.29, 1.82) is 0 Å². The molecule has 0 saturated carbocycles. The highest BCUT2D eigenvalue weighted by Gasteiger charge is 2.30. The van der Waals surface area contributed by atoms with E-state index in [9.17, 15) is 4.79 Å². The summed E-state index contributed by atoms with van der Waals surface area (Å²) in [5, 5.41) is 17.0. The summed E-state index contributed by atoms with van der Waals surface area (Å²) in [6, 6.07) is -0.326. The average Bonchev–Trinajstić information content (AvgIpc) is 3.36. The van der Waals surface area contributed by atoms with Crippen LogP contribution in [0.25, 0.3) is 11.2 Å². The van der Waals surface area contributed by atoms with Gasteiger partial charge in [0.25, 0.3) is 0 Å². The Labute approximate surface area is 175 Å². The molecule has 1 aliphatic rings. The van der Waals surface area contributed by atoms with E-state index in [1.54, 1.807) is 17.9 Å². The molecular weight excluding hydrogens is 394 g/mol. The Hall–Kier alpha value is -2.54. The molecule has 2 aromatic rings. The van der Waals surface area contributed by atoms with E-state index in [0.717, 1.165) is 27.1 Å². The second-order valence-electron chi connectivity index (χ2n) is 6.72. The third kappa shape index (κ3) is 5.98. The van der Waals surface area contributed by atoms with Crippen LogP contribution in [-0.2, 0) is 14.3 Å². The predicted octanol–water partition coefficient (Wildman–Crippen LogP) is -0.327. The smallest absolute Gasteiger partial charge is 0.323 e. The first kappa shape index (κ1) is 25.5. The van der Waals surface area contributed by atoms with Gasteiger partial charge in [0.05, 0.1) is 12.4 Å². The lowest BCUT2D eigenvalue weighted by Crippen LogP contribution is -2.40. The summed E-state index contributed by atoms with van der Waals surface area (Å²) in [5.41, 5.74) is 12.5. The van der Waals surface area contributed by atoms with Gasteiger partial charge in [-0.15, -0.1) is 0 Å². The largest absolute Gasteiger partial charge is 0.462 e. The monoisotopic (exact) mass is 427 g/mol. The van der Waals surface area contributed by atoms with Crippen LogP contribution in [0.3, 0.4) is 0 Å². The lowest BCUT2D eigenvalue weighted by Gasteiger charge is -2.20. The van der Waals surface area contributed by atoms with Gasteiger partial charge in [-0.25, -0.2) is 4.98 Å². The highest BCUT2D eigenvalue weighted by Crippen LogP contribution is 2.31. The summed E-state index contributed by atoms with van der Waals surface area (Å²) in [7, 11) is 3.75. The van der Waals surface area contributed by atoms with Crippen molar-refractivity contribution in [3.8, 4) is 0 Å². The second-order valence-corrected chi connectivity index (χ2v) is 6.72. The number of nitrogens with two attached hydrogens (primary N) is 2. The van der Waals surface area contributed by atoms with Gasteiger partial charge in [-0.05, 0) is 25.8 Å². The number of nitrogens with one attached hydrogen (secondary N) is 1. The van der Waals surface area contributed by atoms with Crippen molar-refractivity contribution in [2.45, 2.75) is 45.1 Å². The summed E-state index contributed by atoms with van der Waals surface area (Å²) >= 11 is 0. The Kier molecular flexibility index (Phi) is 10.4. The summed E-state index contributed by atoms with van der Waals surface area (Å²) in [4.78, 5) is 24.5. The maximum atomic E-state index is 12.1. The first-order valence-electron chi connectivity index (χ1n) is 9.55. The van der Waals surface area contributed by atoms with Crippen LogP contribution in [0.4, 0.5) is 11.8 Å². The van der Waals surface area contributed by atoms with Crippen molar-refractivity contribution in [1.82, 2.24) is 24.8 Å². The molecule has 1 fully saturated rings. The normalized spacial score (nSPS) is 18.9. The van der Waals surface area contributed by atoms with Crippen molar-refractivity contribution in [3.05, 3.63) is 6.33 Å². The number of rotatable bonds is 6. The number of fused-ring (bicyclic) bond motifs is 1. The van der Waals surface area contributed by atoms with E-state index in [-0.39, 0.29) is 48.6 Å². The van der Waals surface area contributed by atoms with E-state index in [1.165, 1.54) is 0 Å². The fourth-order valence-electron chi connectivity index (χ4n) is 3.17. The molecule has 0 radical (unpaired) electrons. The fraction of sp³-hybridized carbons (Fsp3) is 0.667. The van der Waals surface area contributed by atoms with E-state index >= 15 is 0 Å². The van der Waals surface area contributed by atoms with Crippen molar-refractivity contribution in [2.75, 3.05) is 39.3 Å². The molecule has 1 saturated heterocycles. The number of hydrogen-bond donors (Lipinski definition) is 5. The molecule has 12 heteroatoms. The molecule has 7 N–H and O–H groups in total. The van der Waals surface area contributed by atoms with Crippen molar-refractivity contribution < 1.29 is 24.5 Å². The number of carbonyl (C=O) groups excluding carboxylic acids is 1. The first-order valence-corrected chi connectivity index (χ1v) is 9.55. The molecule has 0 aliphatic carbocycles. The lowest BCUT2D eigenvalue weighted by molar-refractivity contribution is -0.151. The minimum absolute atomic E-state index is 0.0898. The molecule has 3 rings (SSSR count). The Bertz CT molecular complexity index is 799. The van der Waals surface area contributed by atoms with Crippen molar-refractivity contribution >= 4 is 28.9 Å². The van der Waals surface area contributed by atoms with E-state index < -0.39 is 0 Å². The number of anilines is 2. The molecule has 3 unspecified atom stereocenters. The van der Waals surface area contributed by atoms with Gasteiger partial charge >= 0.3 is 5.97 Å². The number of aromatic nitrogens is 4. The summed E-state index contributed by atoms with van der Waals surface area (Å²) in [6.45, 7) is 4.15. The van der Waals surface area contributed by atoms with Crippen molar-refractivity contribution in [3.63, 3.8) is 0 Å². The van der Waals surface area contributed by atoms with Gasteiger partial charge < -0.3 is 36.5 Å². The van der Waals surface area contributed by atoms with Gasteiger partial charge in [-0.2, -0.15) is 9.97 Å². The van der Waals surface area contributed by atoms with Crippen LogP contribution in [0.2, 0.25) is 0 Å². The van der Waals surface area contributed by atoms with Gasteiger partial charge in [0.2, 0.25) is 5.95 Å². The molecule has 2 aromatic heterocycles. The van der Waals surface area contributed by atoms with Gasteiger partial charge in [-0.1, -0.05) is 13.8 Å². The highest BCUT2D eigenvalue weighted by atomic mass is 16.6. The van der Waals surface area contributed by atoms with E-state index in [2.05, 4.69) is 20.3 Å². The number of hydrogen-bond acceptors (Lipinski definition) is 11. The summed E-state index contributed by atoms with van der Waals surface area (Å²) < 4.78 is 13.2. The number of ether oxygens (including phenoxy) is 2. The zero-order valence-corrected chi connectivity index (χ0v) is 18.1. The number of carbonyl (C=O) groups is 1. The van der Waals surface area contributed by atoms with E-state index in [4.69, 9.17) is 31.2 Å². The number of imidazole rings is 1. The number of aliphatic hydroxyl groups excluding tert-OH is 2. The fourth-order valence-corrected chi connectivity index (χ4v) is 3.17. The third-order valence-electron chi connectivity index (χ3n) is 4.50. The minimum atomic E-state index is -0.326. The minimum Gasteiger partial charge on any atom is -0.462 e. The van der Waals surface area contributed by atoms with E-state index in [0.29, 0.717) is 11.2 Å².